The summed E-state index contributed by atoms with van der Waals surface area (Å²) in [6.07, 6.45) is 6.50. The number of hydrogen-bond donors (Lipinski definition) is 2. The number of aryl methyl sites for hydroxylation is 2. The van der Waals surface area contributed by atoms with Crippen molar-refractivity contribution >= 4 is 28.1 Å². The molecule has 5 rings (SSSR count). The molecule has 1 aliphatic heterocycles. The summed E-state index contributed by atoms with van der Waals surface area (Å²) in [4.78, 5) is 20.0. The van der Waals surface area contributed by atoms with Crippen LogP contribution in [0.5, 0.6) is 0 Å². The Morgan fingerprint density at radius 3 is 2.97 bits per heavy atom. The Kier molecular flexibility index (Phi) is 5.49. The first-order chi connectivity index (χ1) is 15.3. The number of carbonyl (C=O) groups excluding carboxylic acids is 1. The third-order valence-corrected chi connectivity index (χ3v) is 6.34. The van der Waals surface area contributed by atoms with Crippen molar-refractivity contribution in [2.75, 3.05) is 16.8 Å². The number of H-pyrrole nitrogens is 1. The van der Waals surface area contributed by atoms with Crippen molar-refractivity contribution in [3.05, 3.63) is 77.3 Å². The summed E-state index contributed by atoms with van der Waals surface area (Å²) in [6.45, 7) is 1.67. The third kappa shape index (κ3) is 4.22. The maximum Gasteiger partial charge on any atom is 0.274 e. The molecule has 4 aromatic rings. The number of para-hydroxylation sites is 1. The molecule has 0 unspecified atom stereocenters. The van der Waals surface area contributed by atoms with E-state index in [1.807, 2.05) is 29.0 Å². The number of hydrogen-bond acceptors (Lipinski definition) is 6. The van der Waals surface area contributed by atoms with Crippen molar-refractivity contribution in [2.45, 2.75) is 31.8 Å². The number of benzene rings is 1. The topological polar surface area (TPSA) is 91.7 Å². The highest BCUT2D eigenvalue weighted by Crippen LogP contribution is 2.37. The van der Waals surface area contributed by atoms with Crippen LogP contribution >= 0.6 is 11.3 Å². The van der Waals surface area contributed by atoms with Gasteiger partial charge in [-0.25, -0.2) is 4.98 Å². The Hall–Kier alpha value is -3.46. The molecule has 158 valence electrons. The van der Waals surface area contributed by atoms with Crippen LogP contribution in [-0.4, -0.2) is 37.4 Å². The van der Waals surface area contributed by atoms with Crippen LogP contribution in [0.3, 0.4) is 0 Å². The molecule has 0 spiro atoms. The second kappa shape index (κ2) is 8.73. The van der Waals surface area contributed by atoms with Crippen molar-refractivity contribution in [3.8, 4) is 0 Å². The second-order valence-corrected chi connectivity index (χ2v) is 8.37. The quantitative estimate of drug-likeness (QED) is 0.461. The molecule has 1 fully saturated rings. The predicted octanol–water partition coefficient (Wildman–Crippen LogP) is 3.90. The zero-order valence-electron chi connectivity index (χ0n) is 16.9. The maximum atomic E-state index is 12.9. The number of nitrogens with one attached hydrogen (secondary N) is 2. The van der Waals surface area contributed by atoms with Crippen molar-refractivity contribution in [1.82, 2.24) is 25.0 Å². The smallest absolute Gasteiger partial charge is 0.274 e. The SMILES string of the molecule is O=C(Nc1nc([C@H]2CCCN2c2ccccc2)cs1)c1cccn1CCc1cn[nH]n1. The molecule has 1 saturated heterocycles. The summed E-state index contributed by atoms with van der Waals surface area (Å²) >= 11 is 1.48. The predicted molar refractivity (Wildman–Crippen MR) is 120 cm³/mol. The Morgan fingerprint density at radius 2 is 2.13 bits per heavy atom. The minimum atomic E-state index is -0.155. The monoisotopic (exact) mass is 433 g/mol. The fraction of sp³-hybridized carbons (Fsp3) is 0.273. The minimum absolute atomic E-state index is 0.155. The van der Waals surface area contributed by atoms with Crippen LogP contribution in [0.25, 0.3) is 0 Å². The number of aromatic nitrogens is 5. The number of anilines is 2. The van der Waals surface area contributed by atoms with E-state index in [0.717, 1.165) is 30.8 Å². The van der Waals surface area contributed by atoms with Gasteiger partial charge in [0.15, 0.2) is 5.13 Å². The van der Waals surface area contributed by atoms with Crippen molar-refractivity contribution in [2.24, 2.45) is 0 Å². The molecule has 3 aromatic heterocycles. The molecule has 1 aliphatic rings. The fourth-order valence-electron chi connectivity index (χ4n) is 4.06. The van der Waals surface area contributed by atoms with Crippen molar-refractivity contribution < 1.29 is 4.79 Å². The highest BCUT2D eigenvalue weighted by atomic mass is 32.1. The molecule has 1 atom stereocenters. The third-order valence-electron chi connectivity index (χ3n) is 5.56. The van der Waals surface area contributed by atoms with E-state index in [2.05, 4.69) is 55.3 Å². The minimum Gasteiger partial charge on any atom is -0.363 e. The number of rotatable bonds is 7. The molecular formula is C22H23N7OS. The average Bonchev–Trinajstić information content (AvgIpc) is 3.60. The Labute approximate surface area is 183 Å². The van der Waals surface area contributed by atoms with E-state index in [1.165, 1.54) is 17.0 Å². The van der Waals surface area contributed by atoms with Crippen LogP contribution in [0, 0.1) is 0 Å². The van der Waals surface area contributed by atoms with E-state index in [0.29, 0.717) is 23.8 Å². The highest BCUT2D eigenvalue weighted by Gasteiger charge is 2.28. The summed E-state index contributed by atoms with van der Waals surface area (Å²) in [7, 11) is 0. The lowest BCUT2D eigenvalue weighted by Gasteiger charge is -2.25. The lowest BCUT2D eigenvalue weighted by molar-refractivity contribution is 0.101. The Morgan fingerprint density at radius 1 is 1.23 bits per heavy atom. The molecule has 2 N–H and O–H groups in total. The zero-order chi connectivity index (χ0) is 21.0. The van der Waals surface area contributed by atoms with Crippen LogP contribution in [-0.2, 0) is 13.0 Å². The Balaban J connectivity index is 1.26. The fourth-order valence-corrected chi connectivity index (χ4v) is 4.81. The summed E-state index contributed by atoms with van der Waals surface area (Å²) in [6, 6.07) is 14.4. The standard InChI is InChI=1S/C22H23N7OS/c30-21(20-9-4-11-28(20)13-10-16-14-23-27-26-16)25-22-24-18(15-31-22)19-8-5-12-29(19)17-6-2-1-3-7-17/h1-4,6-7,9,11,14-15,19H,5,8,10,12-13H2,(H,23,26,27)(H,24,25,30)/t19-/m1/s1. The lowest BCUT2D eigenvalue weighted by Crippen LogP contribution is -2.22. The van der Waals surface area contributed by atoms with Gasteiger partial charge < -0.3 is 9.47 Å². The molecule has 31 heavy (non-hydrogen) atoms. The van der Waals surface area contributed by atoms with Gasteiger partial charge in [-0.3, -0.25) is 10.1 Å². The molecule has 1 aromatic carbocycles. The van der Waals surface area contributed by atoms with Gasteiger partial charge in [-0.2, -0.15) is 15.4 Å². The van der Waals surface area contributed by atoms with E-state index >= 15 is 0 Å². The van der Waals surface area contributed by atoms with Gasteiger partial charge in [-0.05, 0) is 37.1 Å². The van der Waals surface area contributed by atoms with Gasteiger partial charge in [0.2, 0.25) is 0 Å². The van der Waals surface area contributed by atoms with Crippen LogP contribution < -0.4 is 10.2 Å². The molecule has 4 heterocycles. The Bertz CT molecular complexity index is 1140. The maximum absolute atomic E-state index is 12.9. The first-order valence-corrected chi connectivity index (χ1v) is 11.2. The van der Waals surface area contributed by atoms with E-state index in [1.54, 1.807) is 6.20 Å². The van der Waals surface area contributed by atoms with Crippen LogP contribution in [0.4, 0.5) is 10.8 Å². The van der Waals surface area contributed by atoms with Gasteiger partial charge in [0.25, 0.3) is 5.91 Å². The first kappa shape index (κ1) is 19.5. The summed E-state index contributed by atoms with van der Waals surface area (Å²) in [5, 5.41) is 16.2. The summed E-state index contributed by atoms with van der Waals surface area (Å²) in [5.41, 5.74) is 3.70. The number of nitrogens with zero attached hydrogens (tertiary/aromatic N) is 5. The van der Waals surface area contributed by atoms with Crippen molar-refractivity contribution in [3.63, 3.8) is 0 Å². The van der Waals surface area contributed by atoms with Gasteiger partial charge in [0, 0.05) is 36.8 Å². The largest absolute Gasteiger partial charge is 0.363 e. The van der Waals surface area contributed by atoms with Crippen LogP contribution in [0.2, 0.25) is 0 Å². The lowest BCUT2D eigenvalue weighted by atomic mass is 10.1. The molecule has 0 bridgehead atoms. The summed E-state index contributed by atoms with van der Waals surface area (Å²) in [5.74, 6) is -0.155. The zero-order valence-corrected chi connectivity index (χ0v) is 17.8. The van der Waals surface area contributed by atoms with E-state index in [4.69, 9.17) is 4.98 Å². The number of carbonyl (C=O) groups is 1. The molecule has 0 aliphatic carbocycles. The van der Waals surface area contributed by atoms with Gasteiger partial charge in [-0.15, -0.1) is 11.3 Å². The molecule has 0 saturated carbocycles. The molecular weight excluding hydrogens is 410 g/mol. The van der Waals surface area contributed by atoms with E-state index < -0.39 is 0 Å². The normalized spacial score (nSPS) is 16.0. The summed E-state index contributed by atoms with van der Waals surface area (Å²) < 4.78 is 1.92. The number of aromatic amines is 1. The molecule has 8 nitrogen and oxygen atoms in total. The number of amides is 1. The van der Waals surface area contributed by atoms with E-state index in [9.17, 15) is 4.79 Å². The average molecular weight is 434 g/mol. The first-order valence-electron chi connectivity index (χ1n) is 10.4. The van der Waals surface area contributed by atoms with Gasteiger partial charge >= 0.3 is 0 Å². The van der Waals surface area contributed by atoms with Crippen LogP contribution in [0.1, 0.15) is 40.8 Å². The molecule has 9 heteroatoms. The van der Waals surface area contributed by atoms with Gasteiger partial charge in [0.05, 0.1) is 23.6 Å². The molecule has 0 radical (unpaired) electrons. The highest BCUT2D eigenvalue weighted by molar-refractivity contribution is 7.14. The van der Waals surface area contributed by atoms with Gasteiger partial charge in [-0.1, -0.05) is 18.2 Å². The number of thiazole rings is 1. The van der Waals surface area contributed by atoms with E-state index in [-0.39, 0.29) is 11.9 Å². The second-order valence-electron chi connectivity index (χ2n) is 7.52. The van der Waals surface area contributed by atoms with Crippen LogP contribution in [0.15, 0.2) is 60.2 Å². The molecule has 1 amide bonds. The van der Waals surface area contributed by atoms with Gasteiger partial charge in [0.1, 0.15) is 5.69 Å². The van der Waals surface area contributed by atoms with Crippen molar-refractivity contribution in [1.29, 1.82) is 0 Å².